The van der Waals surface area contributed by atoms with E-state index in [0.717, 1.165) is 12.8 Å². The van der Waals surface area contributed by atoms with E-state index in [1.54, 1.807) is 6.07 Å². The van der Waals surface area contributed by atoms with Gasteiger partial charge in [0, 0.05) is 23.9 Å². The van der Waals surface area contributed by atoms with Gasteiger partial charge >= 0.3 is 0 Å². The average molecular weight is 247 g/mol. The van der Waals surface area contributed by atoms with Gasteiger partial charge in [0.15, 0.2) is 5.78 Å². The molecule has 1 atom stereocenters. The Hall–Kier alpha value is -1.71. The van der Waals surface area contributed by atoms with Crippen molar-refractivity contribution in [3.05, 3.63) is 35.1 Å². The standard InChI is InChI=1S/C14H14FNO2/c15-12-3-1-2-10-11(12)6-8(7-13(10)17)14(18)16-9-4-5-9/h1-3,8-9H,4-7H2,(H,16,18). The molecule has 0 spiro atoms. The van der Waals surface area contributed by atoms with Crippen molar-refractivity contribution in [3.63, 3.8) is 0 Å². The highest BCUT2D eigenvalue weighted by molar-refractivity contribution is 6.01. The highest BCUT2D eigenvalue weighted by Crippen LogP contribution is 2.28. The Balaban J connectivity index is 1.83. The first-order valence-corrected chi connectivity index (χ1v) is 6.26. The molecule has 0 radical (unpaired) electrons. The summed E-state index contributed by atoms with van der Waals surface area (Å²) in [7, 11) is 0. The number of carbonyl (C=O) groups is 2. The molecule has 0 aromatic heterocycles. The Bertz CT molecular complexity index is 523. The quantitative estimate of drug-likeness (QED) is 0.867. The Morgan fingerprint density at radius 2 is 2.06 bits per heavy atom. The summed E-state index contributed by atoms with van der Waals surface area (Å²) < 4.78 is 13.7. The van der Waals surface area contributed by atoms with Crippen LogP contribution in [0.5, 0.6) is 0 Å². The summed E-state index contributed by atoms with van der Waals surface area (Å²) in [5.41, 5.74) is 0.829. The highest BCUT2D eigenvalue weighted by Gasteiger charge is 2.33. The van der Waals surface area contributed by atoms with Gasteiger partial charge in [-0.25, -0.2) is 4.39 Å². The number of Topliss-reactive ketones (excluding diaryl/α,β-unsaturated/α-hetero) is 1. The summed E-state index contributed by atoms with van der Waals surface area (Å²) in [4.78, 5) is 23.8. The van der Waals surface area contributed by atoms with Crippen LogP contribution in [0.4, 0.5) is 4.39 Å². The number of halogens is 1. The van der Waals surface area contributed by atoms with E-state index in [2.05, 4.69) is 5.32 Å². The number of amides is 1. The summed E-state index contributed by atoms with van der Waals surface area (Å²) in [6, 6.07) is 4.79. The Labute approximate surface area is 104 Å². The van der Waals surface area contributed by atoms with Crippen molar-refractivity contribution < 1.29 is 14.0 Å². The van der Waals surface area contributed by atoms with Gasteiger partial charge in [0.25, 0.3) is 0 Å². The maximum atomic E-state index is 13.7. The molecule has 3 nitrogen and oxygen atoms in total. The molecule has 2 aliphatic carbocycles. The first-order chi connectivity index (χ1) is 8.65. The minimum Gasteiger partial charge on any atom is -0.353 e. The molecule has 4 heteroatoms. The molecule has 1 unspecified atom stereocenters. The van der Waals surface area contributed by atoms with Crippen molar-refractivity contribution in [2.45, 2.75) is 31.7 Å². The van der Waals surface area contributed by atoms with E-state index in [0.29, 0.717) is 17.5 Å². The number of rotatable bonds is 2. The lowest BCUT2D eigenvalue weighted by atomic mass is 9.82. The van der Waals surface area contributed by atoms with Crippen LogP contribution in [-0.2, 0) is 11.2 Å². The molecule has 1 aromatic rings. The minimum absolute atomic E-state index is 0.111. The zero-order valence-corrected chi connectivity index (χ0v) is 9.91. The number of fused-ring (bicyclic) bond motifs is 1. The molecule has 1 N–H and O–H groups in total. The topological polar surface area (TPSA) is 46.2 Å². The van der Waals surface area contributed by atoms with Crippen molar-refractivity contribution in [2.24, 2.45) is 5.92 Å². The zero-order valence-electron chi connectivity index (χ0n) is 9.91. The molecule has 18 heavy (non-hydrogen) atoms. The number of benzene rings is 1. The molecule has 1 saturated carbocycles. The molecule has 1 aromatic carbocycles. The first-order valence-electron chi connectivity index (χ1n) is 6.26. The molecular formula is C14H14FNO2. The smallest absolute Gasteiger partial charge is 0.224 e. The average Bonchev–Trinajstić information content (AvgIpc) is 3.14. The summed E-state index contributed by atoms with van der Waals surface area (Å²) in [6.45, 7) is 0. The van der Waals surface area contributed by atoms with Gasteiger partial charge in [-0.05, 0) is 30.9 Å². The number of hydrogen-bond donors (Lipinski definition) is 1. The first kappa shape index (κ1) is 11.4. The van der Waals surface area contributed by atoms with E-state index < -0.39 is 5.92 Å². The summed E-state index contributed by atoms with van der Waals surface area (Å²) in [5, 5.41) is 2.88. The van der Waals surface area contributed by atoms with Crippen molar-refractivity contribution in [1.82, 2.24) is 5.32 Å². The van der Waals surface area contributed by atoms with E-state index in [9.17, 15) is 14.0 Å². The third-order valence-electron chi connectivity index (χ3n) is 3.60. The molecule has 2 aliphatic rings. The van der Waals surface area contributed by atoms with Crippen LogP contribution in [0, 0.1) is 11.7 Å². The van der Waals surface area contributed by atoms with Crippen molar-refractivity contribution in [1.29, 1.82) is 0 Å². The normalized spacial score (nSPS) is 22.5. The van der Waals surface area contributed by atoms with Gasteiger partial charge in [0.2, 0.25) is 5.91 Å². The van der Waals surface area contributed by atoms with Crippen LogP contribution in [0.15, 0.2) is 18.2 Å². The van der Waals surface area contributed by atoms with Crippen LogP contribution in [0.1, 0.15) is 35.2 Å². The van der Waals surface area contributed by atoms with E-state index >= 15 is 0 Å². The van der Waals surface area contributed by atoms with E-state index in [4.69, 9.17) is 0 Å². The van der Waals surface area contributed by atoms with Gasteiger partial charge in [-0.2, -0.15) is 0 Å². The fraction of sp³-hybridized carbons (Fsp3) is 0.429. The maximum Gasteiger partial charge on any atom is 0.224 e. The fourth-order valence-corrected chi connectivity index (χ4v) is 2.41. The van der Waals surface area contributed by atoms with Crippen molar-refractivity contribution >= 4 is 11.7 Å². The molecule has 0 aliphatic heterocycles. The molecule has 0 heterocycles. The fourth-order valence-electron chi connectivity index (χ4n) is 2.41. The van der Waals surface area contributed by atoms with Gasteiger partial charge in [0.1, 0.15) is 5.82 Å². The Morgan fingerprint density at radius 3 is 2.78 bits per heavy atom. The molecule has 1 fully saturated rings. The predicted molar refractivity (Wildman–Crippen MR) is 63.7 cm³/mol. The number of carbonyl (C=O) groups excluding carboxylic acids is 2. The van der Waals surface area contributed by atoms with Gasteiger partial charge in [-0.1, -0.05) is 12.1 Å². The zero-order chi connectivity index (χ0) is 12.7. The van der Waals surface area contributed by atoms with Crippen LogP contribution in [0.2, 0.25) is 0 Å². The van der Waals surface area contributed by atoms with Gasteiger partial charge in [-0.3, -0.25) is 9.59 Å². The highest BCUT2D eigenvalue weighted by atomic mass is 19.1. The van der Waals surface area contributed by atoms with Crippen molar-refractivity contribution in [3.8, 4) is 0 Å². The maximum absolute atomic E-state index is 13.7. The summed E-state index contributed by atoms with van der Waals surface area (Å²) >= 11 is 0. The number of nitrogens with one attached hydrogen (secondary N) is 1. The van der Waals surface area contributed by atoms with E-state index in [1.807, 2.05) is 0 Å². The van der Waals surface area contributed by atoms with Crippen LogP contribution in [-0.4, -0.2) is 17.7 Å². The number of hydrogen-bond acceptors (Lipinski definition) is 2. The minimum atomic E-state index is -0.414. The summed E-state index contributed by atoms with van der Waals surface area (Å²) in [5.74, 6) is -1.04. The summed E-state index contributed by atoms with van der Waals surface area (Å²) in [6.07, 6.45) is 2.54. The second-order valence-corrected chi connectivity index (χ2v) is 5.08. The second kappa shape index (κ2) is 4.19. The number of ketones is 1. The Kier molecular flexibility index (Phi) is 2.65. The lowest BCUT2D eigenvalue weighted by Gasteiger charge is -2.23. The molecule has 94 valence electrons. The van der Waals surface area contributed by atoms with Gasteiger partial charge in [-0.15, -0.1) is 0 Å². The van der Waals surface area contributed by atoms with Crippen LogP contribution in [0.3, 0.4) is 0 Å². The van der Waals surface area contributed by atoms with Crippen molar-refractivity contribution in [2.75, 3.05) is 0 Å². The molecule has 3 rings (SSSR count). The monoisotopic (exact) mass is 247 g/mol. The lowest BCUT2D eigenvalue weighted by Crippen LogP contribution is -2.37. The van der Waals surface area contributed by atoms with Crippen LogP contribution < -0.4 is 5.32 Å². The molecule has 1 amide bonds. The van der Waals surface area contributed by atoms with Crippen LogP contribution >= 0.6 is 0 Å². The molecule has 0 bridgehead atoms. The molecular weight excluding hydrogens is 233 g/mol. The van der Waals surface area contributed by atoms with Crippen LogP contribution in [0.25, 0.3) is 0 Å². The van der Waals surface area contributed by atoms with Gasteiger partial charge in [0.05, 0.1) is 0 Å². The van der Waals surface area contributed by atoms with E-state index in [-0.39, 0.29) is 30.0 Å². The predicted octanol–water partition coefficient (Wildman–Crippen LogP) is 1.85. The second-order valence-electron chi connectivity index (χ2n) is 5.08. The Morgan fingerprint density at radius 1 is 1.28 bits per heavy atom. The SMILES string of the molecule is O=C1CC(C(=O)NC2CC2)Cc2c(F)cccc21. The third kappa shape index (κ3) is 2.03. The lowest BCUT2D eigenvalue weighted by molar-refractivity contribution is -0.125. The molecule has 0 saturated heterocycles. The largest absolute Gasteiger partial charge is 0.353 e. The van der Waals surface area contributed by atoms with Gasteiger partial charge < -0.3 is 5.32 Å². The third-order valence-corrected chi connectivity index (χ3v) is 3.60. The van der Waals surface area contributed by atoms with E-state index in [1.165, 1.54) is 12.1 Å².